The molecule has 3 rings (SSSR count). The standard InChI is InChI=1S/C16H17N5OS/c1-9-4-10(2)13(11(3)5-9)21-12(22)6-23-16-14-15(18-7-17-14)19-8-20-16/h4-5,7-8H,6H2,1-3H3,(H,21,22)(H,17,18,19,20). The number of fused-ring (bicyclic) bond motifs is 1. The third kappa shape index (κ3) is 3.34. The van der Waals surface area contributed by atoms with E-state index in [9.17, 15) is 4.79 Å². The van der Waals surface area contributed by atoms with E-state index >= 15 is 0 Å². The zero-order valence-corrected chi connectivity index (χ0v) is 14.0. The van der Waals surface area contributed by atoms with Gasteiger partial charge in [-0.25, -0.2) is 15.0 Å². The van der Waals surface area contributed by atoms with E-state index in [-0.39, 0.29) is 11.7 Å². The van der Waals surface area contributed by atoms with Crippen LogP contribution >= 0.6 is 11.8 Å². The average Bonchev–Trinajstić information content (AvgIpc) is 2.97. The van der Waals surface area contributed by atoms with Gasteiger partial charge < -0.3 is 10.3 Å². The van der Waals surface area contributed by atoms with Crippen LogP contribution in [0.2, 0.25) is 0 Å². The number of aryl methyl sites for hydroxylation is 3. The van der Waals surface area contributed by atoms with Crippen LogP contribution in [0.25, 0.3) is 11.2 Å². The van der Waals surface area contributed by atoms with Crippen LogP contribution in [0.5, 0.6) is 0 Å². The Balaban J connectivity index is 1.70. The van der Waals surface area contributed by atoms with Crippen LogP contribution in [0.1, 0.15) is 16.7 Å². The molecule has 0 aliphatic rings. The molecule has 1 aromatic carbocycles. The third-order valence-electron chi connectivity index (χ3n) is 3.47. The number of aromatic amines is 1. The number of benzene rings is 1. The molecule has 118 valence electrons. The quantitative estimate of drug-likeness (QED) is 0.568. The fourth-order valence-corrected chi connectivity index (χ4v) is 3.30. The van der Waals surface area contributed by atoms with Crippen molar-refractivity contribution in [2.45, 2.75) is 25.8 Å². The van der Waals surface area contributed by atoms with E-state index < -0.39 is 0 Å². The number of H-pyrrole nitrogens is 1. The number of thioether (sulfide) groups is 1. The minimum atomic E-state index is -0.0590. The molecule has 0 saturated heterocycles. The number of carbonyl (C=O) groups excluding carboxylic acids is 1. The number of imidazole rings is 1. The van der Waals surface area contributed by atoms with Gasteiger partial charge in [0, 0.05) is 5.69 Å². The first-order valence-electron chi connectivity index (χ1n) is 7.19. The number of anilines is 1. The molecule has 23 heavy (non-hydrogen) atoms. The largest absolute Gasteiger partial charge is 0.341 e. The van der Waals surface area contributed by atoms with Gasteiger partial charge in [-0.1, -0.05) is 29.5 Å². The molecular formula is C16H17N5OS. The van der Waals surface area contributed by atoms with Gasteiger partial charge in [-0.3, -0.25) is 4.79 Å². The van der Waals surface area contributed by atoms with Gasteiger partial charge >= 0.3 is 0 Å². The van der Waals surface area contributed by atoms with Gasteiger partial charge in [0.2, 0.25) is 5.91 Å². The number of amides is 1. The lowest BCUT2D eigenvalue weighted by molar-refractivity contribution is -0.113. The number of hydrogen-bond acceptors (Lipinski definition) is 5. The highest BCUT2D eigenvalue weighted by Gasteiger charge is 2.11. The lowest BCUT2D eigenvalue weighted by Crippen LogP contribution is -2.16. The molecule has 0 atom stereocenters. The van der Waals surface area contributed by atoms with E-state index in [0.29, 0.717) is 5.65 Å². The Morgan fingerprint density at radius 2 is 1.91 bits per heavy atom. The van der Waals surface area contributed by atoms with Crippen molar-refractivity contribution in [3.05, 3.63) is 41.5 Å². The summed E-state index contributed by atoms with van der Waals surface area (Å²) in [5.74, 6) is 0.217. The summed E-state index contributed by atoms with van der Waals surface area (Å²) in [4.78, 5) is 27.6. The first-order chi connectivity index (χ1) is 11.0. The maximum absolute atomic E-state index is 12.2. The van der Waals surface area contributed by atoms with E-state index in [1.807, 2.05) is 20.8 Å². The first-order valence-corrected chi connectivity index (χ1v) is 8.17. The summed E-state index contributed by atoms with van der Waals surface area (Å²) in [6, 6.07) is 4.13. The van der Waals surface area contributed by atoms with E-state index in [4.69, 9.17) is 0 Å². The molecule has 0 aliphatic heterocycles. The zero-order chi connectivity index (χ0) is 16.4. The second-order valence-electron chi connectivity index (χ2n) is 5.39. The zero-order valence-electron chi connectivity index (χ0n) is 13.2. The summed E-state index contributed by atoms with van der Waals surface area (Å²) in [6.45, 7) is 6.05. The highest BCUT2D eigenvalue weighted by atomic mass is 32.2. The number of nitrogens with zero attached hydrogens (tertiary/aromatic N) is 3. The normalized spacial score (nSPS) is 10.9. The summed E-state index contributed by atoms with van der Waals surface area (Å²) in [7, 11) is 0. The molecule has 2 aromatic heterocycles. The van der Waals surface area contributed by atoms with E-state index in [1.165, 1.54) is 23.7 Å². The van der Waals surface area contributed by atoms with Crippen LogP contribution in [-0.4, -0.2) is 31.6 Å². The predicted octanol–water partition coefficient (Wildman–Crippen LogP) is 3.01. The maximum Gasteiger partial charge on any atom is 0.234 e. The van der Waals surface area contributed by atoms with E-state index in [2.05, 4.69) is 37.4 Å². The van der Waals surface area contributed by atoms with Crippen LogP contribution in [0.3, 0.4) is 0 Å². The van der Waals surface area contributed by atoms with Gasteiger partial charge in [-0.2, -0.15) is 0 Å². The number of hydrogen-bond donors (Lipinski definition) is 2. The molecule has 7 heteroatoms. The molecule has 0 bridgehead atoms. The lowest BCUT2D eigenvalue weighted by atomic mass is 10.1. The van der Waals surface area contributed by atoms with E-state index in [1.54, 1.807) is 6.33 Å². The van der Waals surface area contributed by atoms with Gasteiger partial charge in [0.1, 0.15) is 16.9 Å². The maximum atomic E-state index is 12.2. The van der Waals surface area contributed by atoms with Crippen molar-refractivity contribution in [3.8, 4) is 0 Å². The Labute approximate surface area is 138 Å². The number of rotatable bonds is 4. The monoisotopic (exact) mass is 327 g/mol. The summed E-state index contributed by atoms with van der Waals surface area (Å²) >= 11 is 1.36. The highest BCUT2D eigenvalue weighted by molar-refractivity contribution is 8.00. The predicted molar refractivity (Wildman–Crippen MR) is 91.7 cm³/mol. The second kappa shape index (κ2) is 6.37. The molecule has 0 spiro atoms. The van der Waals surface area contributed by atoms with Crippen molar-refractivity contribution in [2.75, 3.05) is 11.1 Å². The SMILES string of the molecule is Cc1cc(C)c(NC(=O)CSc2ncnc3nc[nH]c23)c(C)c1. The average molecular weight is 327 g/mol. The molecule has 0 saturated carbocycles. The lowest BCUT2D eigenvalue weighted by Gasteiger charge is -2.12. The smallest absolute Gasteiger partial charge is 0.234 e. The Bertz CT molecular complexity index is 851. The molecule has 0 unspecified atom stereocenters. The summed E-state index contributed by atoms with van der Waals surface area (Å²) < 4.78 is 0. The van der Waals surface area contributed by atoms with Crippen LogP contribution in [0, 0.1) is 20.8 Å². The van der Waals surface area contributed by atoms with Crippen molar-refractivity contribution in [2.24, 2.45) is 0 Å². The summed E-state index contributed by atoms with van der Waals surface area (Å²) in [5.41, 5.74) is 5.57. The van der Waals surface area contributed by atoms with Crippen LogP contribution in [-0.2, 0) is 4.79 Å². The number of aromatic nitrogens is 4. The van der Waals surface area contributed by atoms with Crippen molar-refractivity contribution in [3.63, 3.8) is 0 Å². The fourth-order valence-electron chi connectivity index (χ4n) is 2.54. The van der Waals surface area contributed by atoms with Crippen molar-refractivity contribution in [1.82, 2.24) is 19.9 Å². The molecule has 3 aromatic rings. The van der Waals surface area contributed by atoms with Gasteiger partial charge in [0.15, 0.2) is 5.65 Å². The summed E-state index contributed by atoms with van der Waals surface area (Å²) in [6.07, 6.45) is 3.03. The Kier molecular flexibility index (Phi) is 4.29. The topological polar surface area (TPSA) is 83.6 Å². The van der Waals surface area contributed by atoms with E-state index in [0.717, 1.165) is 27.4 Å². The minimum Gasteiger partial charge on any atom is -0.341 e. The second-order valence-corrected chi connectivity index (χ2v) is 6.35. The van der Waals surface area contributed by atoms with Crippen molar-refractivity contribution in [1.29, 1.82) is 0 Å². The molecule has 0 fully saturated rings. The van der Waals surface area contributed by atoms with Gasteiger partial charge in [-0.05, 0) is 31.9 Å². The van der Waals surface area contributed by atoms with Gasteiger partial charge in [-0.15, -0.1) is 0 Å². The molecule has 0 radical (unpaired) electrons. The van der Waals surface area contributed by atoms with Crippen molar-refractivity contribution >= 4 is 34.5 Å². The Morgan fingerprint density at radius 3 is 2.65 bits per heavy atom. The third-order valence-corrected chi connectivity index (χ3v) is 4.46. The Hall–Kier alpha value is -2.41. The minimum absolute atomic E-state index is 0.0590. The highest BCUT2D eigenvalue weighted by Crippen LogP contribution is 2.24. The number of carbonyl (C=O) groups is 1. The number of nitrogens with one attached hydrogen (secondary N) is 2. The molecule has 2 heterocycles. The Morgan fingerprint density at radius 1 is 1.17 bits per heavy atom. The summed E-state index contributed by atoms with van der Waals surface area (Å²) in [5, 5.41) is 3.71. The van der Waals surface area contributed by atoms with Gasteiger partial charge in [0.05, 0.1) is 12.1 Å². The first kappa shape index (κ1) is 15.5. The van der Waals surface area contributed by atoms with Gasteiger partial charge in [0.25, 0.3) is 0 Å². The van der Waals surface area contributed by atoms with Crippen LogP contribution in [0.4, 0.5) is 5.69 Å². The molecule has 6 nitrogen and oxygen atoms in total. The van der Waals surface area contributed by atoms with Crippen LogP contribution < -0.4 is 5.32 Å². The molecule has 2 N–H and O–H groups in total. The fraction of sp³-hybridized carbons (Fsp3) is 0.250. The molecule has 0 aliphatic carbocycles. The van der Waals surface area contributed by atoms with Crippen LogP contribution in [0.15, 0.2) is 29.8 Å². The van der Waals surface area contributed by atoms with Crippen molar-refractivity contribution < 1.29 is 4.79 Å². The molecular weight excluding hydrogens is 310 g/mol. The molecule has 1 amide bonds.